The molecule has 94 valence electrons. The van der Waals surface area contributed by atoms with E-state index in [2.05, 4.69) is 52.1 Å². The molecule has 1 aromatic rings. The molecule has 0 radical (unpaired) electrons. The molecule has 0 aromatic heterocycles. The van der Waals surface area contributed by atoms with Crippen molar-refractivity contribution >= 4 is 15.9 Å². The van der Waals surface area contributed by atoms with Gasteiger partial charge in [-0.15, -0.1) is 0 Å². The van der Waals surface area contributed by atoms with Gasteiger partial charge in [-0.3, -0.25) is 4.90 Å². The van der Waals surface area contributed by atoms with E-state index in [-0.39, 0.29) is 0 Å². The van der Waals surface area contributed by atoms with Crippen molar-refractivity contribution < 1.29 is 0 Å². The van der Waals surface area contributed by atoms with Gasteiger partial charge in [0.2, 0.25) is 0 Å². The SMILES string of the molecule is CN(Cc1ccc(Br)cc1)C1CCCCCC1. The average Bonchev–Trinajstić information content (AvgIpc) is 2.61. The third kappa shape index (κ3) is 4.11. The van der Waals surface area contributed by atoms with E-state index in [1.807, 2.05) is 0 Å². The first kappa shape index (κ1) is 13.1. The molecule has 1 aliphatic carbocycles. The summed E-state index contributed by atoms with van der Waals surface area (Å²) >= 11 is 3.48. The van der Waals surface area contributed by atoms with Crippen LogP contribution in [0.3, 0.4) is 0 Å². The number of hydrogen-bond donors (Lipinski definition) is 0. The van der Waals surface area contributed by atoms with Crippen LogP contribution in [0, 0.1) is 0 Å². The maximum absolute atomic E-state index is 3.48. The minimum absolute atomic E-state index is 0.793. The summed E-state index contributed by atoms with van der Waals surface area (Å²) in [6, 6.07) is 9.50. The Kier molecular flexibility index (Phi) is 5.05. The van der Waals surface area contributed by atoms with Gasteiger partial charge in [-0.1, -0.05) is 53.7 Å². The number of halogens is 1. The lowest BCUT2D eigenvalue weighted by molar-refractivity contribution is 0.213. The lowest BCUT2D eigenvalue weighted by Gasteiger charge is -2.27. The fourth-order valence-electron chi connectivity index (χ4n) is 2.71. The average molecular weight is 296 g/mol. The predicted molar refractivity (Wildman–Crippen MR) is 77.1 cm³/mol. The fourth-order valence-corrected chi connectivity index (χ4v) is 2.97. The molecule has 1 aliphatic rings. The van der Waals surface area contributed by atoms with Crippen LogP contribution in [0.15, 0.2) is 28.7 Å². The van der Waals surface area contributed by atoms with E-state index in [1.165, 1.54) is 48.6 Å². The van der Waals surface area contributed by atoms with E-state index >= 15 is 0 Å². The summed E-state index contributed by atoms with van der Waals surface area (Å²) in [4.78, 5) is 2.54. The van der Waals surface area contributed by atoms with Gasteiger partial charge in [-0.05, 0) is 37.6 Å². The first-order valence-electron chi connectivity index (χ1n) is 6.70. The van der Waals surface area contributed by atoms with Crippen molar-refractivity contribution in [2.75, 3.05) is 7.05 Å². The monoisotopic (exact) mass is 295 g/mol. The lowest BCUT2D eigenvalue weighted by Crippen LogP contribution is -2.30. The molecule has 0 saturated heterocycles. The van der Waals surface area contributed by atoms with Gasteiger partial charge < -0.3 is 0 Å². The van der Waals surface area contributed by atoms with Gasteiger partial charge in [0.05, 0.1) is 0 Å². The van der Waals surface area contributed by atoms with Crippen molar-refractivity contribution in [1.82, 2.24) is 4.90 Å². The summed E-state index contributed by atoms with van der Waals surface area (Å²) in [6.45, 7) is 1.08. The lowest BCUT2D eigenvalue weighted by atomic mass is 10.1. The van der Waals surface area contributed by atoms with Crippen LogP contribution in [-0.4, -0.2) is 18.0 Å². The van der Waals surface area contributed by atoms with Crippen molar-refractivity contribution in [3.63, 3.8) is 0 Å². The minimum Gasteiger partial charge on any atom is -0.299 e. The highest BCUT2D eigenvalue weighted by atomic mass is 79.9. The Balaban J connectivity index is 1.90. The van der Waals surface area contributed by atoms with Crippen molar-refractivity contribution in [2.24, 2.45) is 0 Å². The Morgan fingerprint density at radius 1 is 1.06 bits per heavy atom. The van der Waals surface area contributed by atoms with Crippen molar-refractivity contribution in [3.05, 3.63) is 34.3 Å². The summed E-state index contributed by atoms with van der Waals surface area (Å²) in [5.74, 6) is 0. The normalized spacial score (nSPS) is 18.3. The van der Waals surface area contributed by atoms with Crippen molar-refractivity contribution in [1.29, 1.82) is 0 Å². The molecule has 0 spiro atoms. The summed E-state index contributed by atoms with van der Waals surface area (Å²) in [7, 11) is 2.28. The van der Waals surface area contributed by atoms with Crippen LogP contribution >= 0.6 is 15.9 Å². The van der Waals surface area contributed by atoms with Gasteiger partial charge in [0, 0.05) is 17.1 Å². The van der Waals surface area contributed by atoms with Gasteiger partial charge in [0.1, 0.15) is 0 Å². The van der Waals surface area contributed by atoms with Gasteiger partial charge >= 0.3 is 0 Å². The van der Waals surface area contributed by atoms with E-state index in [9.17, 15) is 0 Å². The van der Waals surface area contributed by atoms with Crippen LogP contribution < -0.4 is 0 Å². The first-order chi connectivity index (χ1) is 8.25. The zero-order valence-corrected chi connectivity index (χ0v) is 12.2. The second kappa shape index (κ2) is 6.55. The quantitative estimate of drug-likeness (QED) is 0.737. The number of benzene rings is 1. The molecule has 1 nitrogen and oxygen atoms in total. The van der Waals surface area contributed by atoms with E-state index < -0.39 is 0 Å². The van der Waals surface area contributed by atoms with E-state index in [0.29, 0.717) is 0 Å². The molecule has 0 amide bonds. The Hall–Kier alpha value is -0.340. The molecule has 0 N–H and O–H groups in total. The molecule has 0 unspecified atom stereocenters. The second-order valence-corrected chi connectivity index (χ2v) is 6.10. The number of rotatable bonds is 3. The molecule has 1 fully saturated rings. The number of hydrogen-bond acceptors (Lipinski definition) is 1. The van der Waals surface area contributed by atoms with Gasteiger partial charge in [0.25, 0.3) is 0 Å². The number of nitrogens with zero attached hydrogens (tertiary/aromatic N) is 1. The highest BCUT2D eigenvalue weighted by molar-refractivity contribution is 9.10. The van der Waals surface area contributed by atoms with Crippen molar-refractivity contribution in [2.45, 2.75) is 51.1 Å². The van der Waals surface area contributed by atoms with E-state index in [4.69, 9.17) is 0 Å². The molecule has 2 rings (SSSR count). The highest BCUT2D eigenvalue weighted by Gasteiger charge is 2.16. The van der Waals surface area contributed by atoms with Crippen molar-refractivity contribution in [3.8, 4) is 0 Å². The minimum atomic E-state index is 0.793. The molecule has 0 aliphatic heterocycles. The molecule has 0 bridgehead atoms. The Morgan fingerprint density at radius 3 is 2.24 bits per heavy atom. The van der Waals surface area contributed by atoms with Crippen LogP contribution in [0.25, 0.3) is 0 Å². The Bertz CT molecular complexity index is 325. The Morgan fingerprint density at radius 2 is 1.65 bits per heavy atom. The molecule has 1 saturated carbocycles. The third-order valence-electron chi connectivity index (χ3n) is 3.79. The smallest absolute Gasteiger partial charge is 0.0233 e. The van der Waals surface area contributed by atoms with E-state index in [1.54, 1.807) is 0 Å². The largest absolute Gasteiger partial charge is 0.299 e. The maximum atomic E-state index is 3.48. The van der Waals surface area contributed by atoms with Crippen LogP contribution in [0.4, 0.5) is 0 Å². The molecule has 0 heterocycles. The summed E-state index contributed by atoms with van der Waals surface area (Å²) in [5, 5.41) is 0. The third-order valence-corrected chi connectivity index (χ3v) is 4.32. The van der Waals surface area contributed by atoms with Crippen LogP contribution in [0.5, 0.6) is 0 Å². The molecule has 1 aromatic carbocycles. The zero-order chi connectivity index (χ0) is 12.1. The van der Waals surface area contributed by atoms with Crippen LogP contribution in [0.2, 0.25) is 0 Å². The highest BCUT2D eigenvalue weighted by Crippen LogP contribution is 2.22. The van der Waals surface area contributed by atoms with Gasteiger partial charge in [-0.25, -0.2) is 0 Å². The summed E-state index contributed by atoms with van der Waals surface area (Å²) in [6.07, 6.45) is 8.45. The molecule has 0 atom stereocenters. The van der Waals surface area contributed by atoms with Gasteiger partial charge in [-0.2, -0.15) is 0 Å². The second-order valence-electron chi connectivity index (χ2n) is 5.19. The van der Waals surface area contributed by atoms with E-state index in [0.717, 1.165) is 12.6 Å². The molecular weight excluding hydrogens is 274 g/mol. The molecular formula is C15H22BrN. The maximum Gasteiger partial charge on any atom is 0.0233 e. The molecule has 17 heavy (non-hydrogen) atoms. The molecule has 2 heteroatoms. The van der Waals surface area contributed by atoms with Crippen LogP contribution in [-0.2, 0) is 6.54 Å². The topological polar surface area (TPSA) is 3.24 Å². The van der Waals surface area contributed by atoms with Crippen LogP contribution in [0.1, 0.15) is 44.1 Å². The summed E-state index contributed by atoms with van der Waals surface area (Å²) in [5.41, 5.74) is 1.42. The zero-order valence-electron chi connectivity index (χ0n) is 10.7. The fraction of sp³-hybridized carbons (Fsp3) is 0.600. The predicted octanol–water partition coefficient (Wildman–Crippen LogP) is 4.60. The van der Waals surface area contributed by atoms with Gasteiger partial charge in [0.15, 0.2) is 0 Å². The first-order valence-corrected chi connectivity index (χ1v) is 7.50. The Labute approximate surface area is 113 Å². The summed E-state index contributed by atoms with van der Waals surface area (Å²) < 4.78 is 1.17. The standard InChI is InChI=1S/C15H22BrN/c1-17(15-6-4-2-3-5-7-15)12-13-8-10-14(16)11-9-13/h8-11,15H,2-7,12H2,1H3.